The molecule has 72 valence electrons. The fourth-order valence-electron chi connectivity index (χ4n) is 1.94. The van der Waals surface area contributed by atoms with Gasteiger partial charge in [-0.3, -0.25) is 0 Å². The molecule has 1 heterocycles. The van der Waals surface area contributed by atoms with Crippen LogP contribution in [0.25, 0.3) is 0 Å². The highest BCUT2D eigenvalue weighted by molar-refractivity contribution is 6.18. The first-order chi connectivity index (χ1) is 5.72. The van der Waals surface area contributed by atoms with Crippen molar-refractivity contribution in [2.45, 2.75) is 26.7 Å². The Balaban J connectivity index is 2.22. The first kappa shape index (κ1) is 10.3. The number of hydrogen-bond donors (Lipinski definition) is 0. The minimum absolute atomic E-state index is 0.650. The standard InChI is InChI=1S/C10H20ClN/c1-9-4-3-5-12(7-9)8-10(2)6-11/h9-10H,3-8H2,1-2H3. The van der Waals surface area contributed by atoms with Crippen LogP contribution in [0.3, 0.4) is 0 Å². The molecule has 1 saturated heterocycles. The second-order valence-electron chi connectivity index (χ2n) is 4.27. The summed E-state index contributed by atoms with van der Waals surface area (Å²) in [6, 6.07) is 0. The van der Waals surface area contributed by atoms with Crippen LogP contribution in [0.15, 0.2) is 0 Å². The van der Waals surface area contributed by atoms with E-state index in [1.54, 1.807) is 0 Å². The molecule has 1 fully saturated rings. The summed E-state index contributed by atoms with van der Waals surface area (Å²) in [6.07, 6.45) is 2.78. The molecule has 12 heavy (non-hydrogen) atoms. The lowest BCUT2D eigenvalue weighted by molar-refractivity contribution is 0.167. The van der Waals surface area contributed by atoms with Crippen LogP contribution in [0.4, 0.5) is 0 Å². The average molecular weight is 190 g/mol. The first-order valence-corrected chi connectivity index (χ1v) is 5.54. The van der Waals surface area contributed by atoms with Crippen molar-refractivity contribution >= 4 is 11.6 Å². The van der Waals surface area contributed by atoms with E-state index < -0.39 is 0 Å². The van der Waals surface area contributed by atoms with Gasteiger partial charge in [0.2, 0.25) is 0 Å². The Kier molecular flexibility index (Phi) is 4.38. The van der Waals surface area contributed by atoms with Crippen molar-refractivity contribution in [2.24, 2.45) is 11.8 Å². The summed E-state index contributed by atoms with van der Waals surface area (Å²) >= 11 is 5.78. The minimum atomic E-state index is 0.650. The normalized spacial score (nSPS) is 28.8. The minimum Gasteiger partial charge on any atom is -0.303 e. The summed E-state index contributed by atoms with van der Waals surface area (Å²) < 4.78 is 0. The molecule has 0 aromatic heterocycles. The smallest absolute Gasteiger partial charge is 0.0261 e. The summed E-state index contributed by atoms with van der Waals surface area (Å²) in [6.45, 7) is 8.32. The van der Waals surface area contributed by atoms with E-state index in [9.17, 15) is 0 Å². The van der Waals surface area contributed by atoms with Gasteiger partial charge < -0.3 is 4.90 Å². The van der Waals surface area contributed by atoms with Gasteiger partial charge in [0, 0.05) is 19.0 Å². The van der Waals surface area contributed by atoms with Gasteiger partial charge in [0.05, 0.1) is 0 Å². The summed E-state index contributed by atoms with van der Waals surface area (Å²) in [5.41, 5.74) is 0. The molecule has 0 saturated carbocycles. The summed E-state index contributed by atoms with van der Waals surface area (Å²) in [5.74, 6) is 2.34. The van der Waals surface area contributed by atoms with Crippen molar-refractivity contribution in [3.8, 4) is 0 Å². The number of hydrogen-bond acceptors (Lipinski definition) is 1. The van der Waals surface area contributed by atoms with Gasteiger partial charge in [-0.2, -0.15) is 0 Å². The lowest BCUT2D eigenvalue weighted by Gasteiger charge is -2.32. The van der Waals surface area contributed by atoms with Crippen LogP contribution in [-0.4, -0.2) is 30.4 Å². The zero-order valence-corrected chi connectivity index (χ0v) is 8.98. The predicted octanol–water partition coefficient (Wildman–Crippen LogP) is 2.59. The van der Waals surface area contributed by atoms with Crippen LogP contribution < -0.4 is 0 Å². The molecule has 0 N–H and O–H groups in total. The molecule has 2 unspecified atom stereocenters. The first-order valence-electron chi connectivity index (χ1n) is 5.00. The fourth-order valence-corrected chi connectivity index (χ4v) is 2.04. The molecular formula is C10H20ClN. The van der Waals surface area contributed by atoms with Crippen LogP contribution in [0, 0.1) is 11.8 Å². The molecule has 0 bridgehead atoms. The maximum Gasteiger partial charge on any atom is 0.0261 e. The zero-order valence-electron chi connectivity index (χ0n) is 8.22. The van der Waals surface area contributed by atoms with Crippen LogP contribution in [0.1, 0.15) is 26.7 Å². The molecule has 0 aromatic carbocycles. The van der Waals surface area contributed by atoms with Crippen LogP contribution in [0.2, 0.25) is 0 Å². The second kappa shape index (κ2) is 5.08. The molecule has 0 amide bonds. The maximum absolute atomic E-state index is 5.78. The molecule has 2 atom stereocenters. The van der Waals surface area contributed by atoms with E-state index in [-0.39, 0.29) is 0 Å². The molecule has 1 aliphatic rings. The van der Waals surface area contributed by atoms with Crippen LogP contribution in [0.5, 0.6) is 0 Å². The quantitative estimate of drug-likeness (QED) is 0.617. The third kappa shape index (κ3) is 3.32. The molecule has 1 aliphatic heterocycles. The van der Waals surface area contributed by atoms with E-state index in [2.05, 4.69) is 18.7 Å². The molecule has 2 heteroatoms. The fraction of sp³-hybridized carbons (Fsp3) is 1.00. The van der Waals surface area contributed by atoms with E-state index in [0.29, 0.717) is 5.92 Å². The van der Waals surface area contributed by atoms with Crippen molar-refractivity contribution in [3.05, 3.63) is 0 Å². The SMILES string of the molecule is CC(CCl)CN1CCCC(C)C1. The number of nitrogens with zero attached hydrogens (tertiary/aromatic N) is 1. The Hall–Kier alpha value is 0.250. The molecular weight excluding hydrogens is 170 g/mol. The second-order valence-corrected chi connectivity index (χ2v) is 4.58. The Morgan fingerprint density at radius 3 is 2.92 bits per heavy atom. The average Bonchev–Trinajstić information content (AvgIpc) is 2.04. The topological polar surface area (TPSA) is 3.24 Å². The van der Waals surface area contributed by atoms with E-state index in [1.807, 2.05) is 0 Å². The molecule has 0 aromatic rings. The van der Waals surface area contributed by atoms with Crippen molar-refractivity contribution < 1.29 is 0 Å². The highest BCUT2D eigenvalue weighted by Gasteiger charge is 2.17. The monoisotopic (exact) mass is 189 g/mol. The zero-order chi connectivity index (χ0) is 8.97. The summed E-state index contributed by atoms with van der Waals surface area (Å²) in [7, 11) is 0. The number of rotatable bonds is 3. The predicted molar refractivity (Wildman–Crippen MR) is 54.7 cm³/mol. The van der Waals surface area contributed by atoms with Crippen molar-refractivity contribution in [2.75, 3.05) is 25.5 Å². The maximum atomic E-state index is 5.78. The van der Waals surface area contributed by atoms with Crippen molar-refractivity contribution in [1.82, 2.24) is 4.90 Å². The Bertz CT molecular complexity index is 127. The molecule has 0 spiro atoms. The number of piperidine rings is 1. The number of likely N-dealkylation sites (tertiary alicyclic amines) is 1. The Labute approximate surface area is 81.1 Å². The van der Waals surface area contributed by atoms with Crippen molar-refractivity contribution in [3.63, 3.8) is 0 Å². The van der Waals surface area contributed by atoms with Crippen LogP contribution in [-0.2, 0) is 0 Å². The molecule has 1 nitrogen and oxygen atoms in total. The number of halogens is 1. The van der Waals surface area contributed by atoms with Gasteiger partial charge in [-0.15, -0.1) is 11.6 Å². The van der Waals surface area contributed by atoms with Gasteiger partial charge in [-0.1, -0.05) is 13.8 Å². The van der Waals surface area contributed by atoms with Crippen LogP contribution >= 0.6 is 11.6 Å². The highest BCUT2D eigenvalue weighted by Crippen LogP contribution is 2.16. The summed E-state index contributed by atoms with van der Waals surface area (Å²) in [5, 5.41) is 0. The van der Waals surface area contributed by atoms with E-state index >= 15 is 0 Å². The Morgan fingerprint density at radius 2 is 2.33 bits per heavy atom. The molecule has 1 rings (SSSR count). The highest BCUT2D eigenvalue weighted by atomic mass is 35.5. The van der Waals surface area contributed by atoms with E-state index in [0.717, 1.165) is 11.8 Å². The lowest BCUT2D eigenvalue weighted by atomic mass is 9.99. The van der Waals surface area contributed by atoms with Gasteiger partial charge in [0.1, 0.15) is 0 Å². The van der Waals surface area contributed by atoms with Gasteiger partial charge in [0.25, 0.3) is 0 Å². The van der Waals surface area contributed by atoms with Gasteiger partial charge in [-0.05, 0) is 31.2 Å². The van der Waals surface area contributed by atoms with Gasteiger partial charge in [-0.25, -0.2) is 0 Å². The van der Waals surface area contributed by atoms with Gasteiger partial charge in [0.15, 0.2) is 0 Å². The third-order valence-electron chi connectivity index (χ3n) is 2.57. The third-order valence-corrected chi connectivity index (χ3v) is 3.10. The molecule has 0 radical (unpaired) electrons. The number of alkyl halides is 1. The largest absolute Gasteiger partial charge is 0.303 e. The molecule has 0 aliphatic carbocycles. The van der Waals surface area contributed by atoms with Crippen molar-refractivity contribution in [1.29, 1.82) is 0 Å². The summed E-state index contributed by atoms with van der Waals surface area (Å²) in [4.78, 5) is 2.56. The Morgan fingerprint density at radius 1 is 1.58 bits per heavy atom. The van der Waals surface area contributed by atoms with E-state index in [1.165, 1.54) is 32.5 Å². The lowest BCUT2D eigenvalue weighted by Crippen LogP contribution is -2.37. The van der Waals surface area contributed by atoms with Gasteiger partial charge >= 0.3 is 0 Å². The van der Waals surface area contributed by atoms with E-state index in [4.69, 9.17) is 11.6 Å².